The molecule has 0 radical (unpaired) electrons. The van der Waals surface area contributed by atoms with Gasteiger partial charge in [0.2, 0.25) is 0 Å². The number of nitriles is 2. The summed E-state index contributed by atoms with van der Waals surface area (Å²) in [7, 11) is 1.58. The van der Waals surface area contributed by atoms with Gasteiger partial charge in [-0.3, -0.25) is 9.36 Å². The Morgan fingerprint density at radius 3 is 2.42 bits per heavy atom. The number of amides is 1. The number of carbonyl (C=O) groups excluding carboxylic acids is 1. The molecule has 1 heterocycles. The summed E-state index contributed by atoms with van der Waals surface area (Å²) >= 11 is 6.09. The van der Waals surface area contributed by atoms with Crippen molar-refractivity contribution in [3.05, 3.63) is 69.9 Å². The maximum Gasteiger partial charge on any atom is 0.263 e. The molecule has 8 heteroatoms. The zero-order valence-corrected chi connectivity index (χ0v) is 17.9. The SMILES string of the molecule is COc1ccc(-n2c(C)c(C)c(C#N)c2NC(=O)COc2ccc(C#N)cc2Cl)cc1. The number of ether oxygens (including phenoxy) is 2. The summed E-state index contributed by atoms with van der Waals surface area (Å²) in [6.07, 6.45) is 0. The zero-order valence-electron chi connectivity index (χ0n) is 17.2. The molecule has 0 aliphatic carbocycles. The lowest BCUT2D eigenvalue weighted by molar-refractivity contribution is -0.118. The van der Waals surface area contributed by atoms with E-state index in [0.29, 0.717) is 22.7 Å². The van der Waals surface area contributed by atoms with Crippen molar-refractivity contribution < 1.29 is 14.3 Å². The Morgan fingerprint density at radius 1 is 1.13 bits per heavy atom. The highest BCUT2D eigenvalue weighted by molar-refractivity contribution is 6.32. The van der Waals surface area contributed by atoms with E-state index in [1.54, 1.807) is 29.9 Å². The number of nitrogens with one attached hydrogen (secondary N) is 1. The fourth-order valence-corrected chi connectivity index (χ4v) is 3.35. The molecule has 0 spiro atoms. The summed E-state index contributed by atoms with van der Waals surface area (Å²) < 4.78 is 12.5. The topological polar surface area (TPSA) is 100 Å². The molecule has 0 unspecified atom stereocenters. The van der Waals surface area contributed by atoms with Crippen LogP contribution in [0, 0.1) is 36.5 Å². The molecular weight excluding hydrogens is 416 g/mol. The second-order valence-corrected chi connectivity index (χ2v) is 7.08. The third kappa shape index (κ3) is 4.48. The Balaban J connectivity index is 1.86. The van der Waals surface area contributed by atoms with Crippen LogP contribution in [0.3, 0.4) is 0 Å². The van der Waals surface area contributed by atoms with Gasteiger partial charge in [0.25, 0.3) is 5.91 Å². The first-order chi connectivity index (χ1) is 14.9. The summed E-state index contributed by atoms with van der Waals surface area (Å²) in [5.74, 6) is 0.893. The Kier molecular flexibility index (Phi) is 6.49. The summed E-state index contributed by atoms with van der Waals surface area (Å²) in [5, 5.41) is 21.6. The van der Waals surface area contributed by atoms with Crippen molar-refractivity contribution in [2.45, 2.75) is 13.8 Å². The van der Waals surface area contributed by atoms with Crippen LogP contribution < -0.4 is 14.8 Å². The Hall–Kier alpha value is -3.94. The highest BCUT2D eigenvalue weighted by Crippen LogP contribution is 2.31. The van der Waals surface area contributed by atoms with Crippen molar-refractivity contribution >= 4 is 23.3 Å². The van der Waals surface area contributed by atoms with E-state index in [9.17, 15) is 10.1 Å². The third-order valence-electron chi connectivity index (χ3n) is 4.83. The van der Waals surface area contributed by atoms with Crippen LogP contribution >= 0.6 is 11.6 Å². The minimum atomic E-state index is -0.454. The van der Waals surface area contributed by atoms with E-state index in [4.69, 9.17) is 26.3 Å². The lowest BCUT2D eigenvalue weighted by atomic mass is 10.2. The predicted molar refractivity (Wildman–Crippen MR) is 117 cm³/mol. The first-order valence-corrected chi connectivity index (χ1v) is 9.66. The monoisotopic (exact) mass is 434 g/mol. The number of hydrogen-bond acceptors (Lipinski definition) is 5. The van der Waals surface area contributed by atoms with E-state index >= 15 is 0 Å². The van der Waals surface area contributed by atoms with Crippen LogP contribution in [-0.4, -0.2) is 24.2 Å². The summed E-state index contributed by atoms with van der Waals surface area (Å²) in [6, 6.07) is 16.0. The molecule has 156 valence electrons. The molecule has 1 N–H and O–H groups in total. The van der Waals surface area contributed by atoms with Gasteiger partial charge in [-0.2, -0.15) is 10.5 Å². The Bertz CT molecular complexity index is 1220. The Morgan fingerprint density at radius 2 is 1.84 bits per heavy atom. The molecule has 3 aromatic rings. The smallest absolute Gasteiger partial charge is 0.263 e. The van der Waals surface area contributed by atoms with Gasteiger partial charge in [0.1, 0.15) is 23.4 Å². The van der Waals surface area contributed by atoms with Crippen LogP contribution in [0.2, 0.25) is 5.02 Å². The van der Waals surface area contributed by atoms with E-state index in [1.165, 1.54) is 12.1 Å². The molecule has 31 heavy (non-hydrogen) atoms. The van der Waals surface area contributed by atoms with Gasteiger partial charge >= 0.3 is 0 Å². The van der Waals surface area contributed by atoms with Crippen LogP contribution in [0.25, 0.3) is 5.69 Å². The van der Waals surface area contributed by atoms with Crippen LogP contribution in [-0.2, 0) is 4.79 Å². The maximum atomic E-state index is 12.6. The molecule has 7 nitrogen and oxygen atoms in total. The number of methoxy groups -OCH3 is 1. The van der Waals surface area contributed by atoms with E-state index in [-0.39, 0.29) is 17.4 Å². The number of carbonyl (C=O) groups is 1. The fraction of sp³-hybridized carbons (Fsp3) is 0.174. The van der Waals surface area contributed by atoms with Gasteiger partial charge < -0.3 is 14.8 Å². The van der Waals surface area contributed by atoms with Crippen molar-refractivity contribution in [2.24, 2.45) is 0 Å². The lowest BCUT2D eigenvalue weighted by Crippen LogP contribution is -2.22. The number of aromatic nitrogens is 1. The van der Waals surface area contributed by atoms with Gasteiger partial charge in [0.15, 0.2) is 6.61 Å². The van der Waals surface area contributed by atoms with E-state index in [1.807, 2.05) is 32.0 Å². The average molecular weight is 435 g/mol. The fourth-order valence-electron chi connectivity index (χ4n) is 3.11. The molecular formula is C23H19ClN4O3. The van der Waals surface area contributed by atoms with Gasteiger partial charge in [0.05, 0.1) is 29.3 Å². The van der Waals surface area contributed by atoms with Crippen LogP contribution in [0.5, 0.6) is 11.5 Å². The van der Waals surface area contributed by atoms with E-state index in [2.05, 4.69) is 11.4 Å². The molecule has 1 aromatic heterocycles. The van der Waals surface area contributed by atoms with E-state index < -0.39 is 5.91 Å². The highest BCUT2D eigenvalue weighted by atomic mass is 35.5. The molecule has 0 fully saturated rings. The molecule has 3 rings (SSSR count). The van der Waals surface area contributed by atoms with Gasteiger partial charge in [0, 0.05) is 11.4 Å². The molecule has 0 aliphatic heterocycles. The number of hydrogen-bond donors (Lipinski definition) is 1. The number of halogens is 1. The second-order valence-electron chi connectivity index (χ2n) is 6.67. The molecule has 0 saturated carbocycles. The number of benzene rings is 2. The van der Waals surface area contributed by atoms with Gasteiger partial charge in [-0.1, -0.05) is 11.6 Å². The van der Waals surface area contributed by atoms with E-state index in [0.717, 1.165) is 16.9 Å². The van der Waals surface area contributed by atoms with Crippen molar-refractivity contribution in [2.75, 3.05) is 19.0 Å². The number of rotatable bonds is 6. The lowest BCUT2D eigenvalue weighted by Gasteiger charge is -2.14. The summed E-state index contributed by atoms with van der Waals surface area (Å²) in [4.78, 5) is 12.6. The maximum absolute atomic E-state index is 12.6. The number of anilines is 1. The van der Waals surface area contributed by atoms with Crippen molar-refractivity contribution in [1.82, 2.24) is 4.57 Å². The van der Waals surface area contributed by atoms with Crippen molar-refractivity contribution in [1.29, 1.82) is 10.5 Å². The minimum Gasteiger partial charge on any atom is -0.497 e. The van der Waals surface area contributed by atoms with Crippen molar-refractivity contribution in [3.8, 4) is 29.3 Å². The highest BCUT2D eigenvalue weighted by Gasteiger charge is 2.21. The molecule has 0 saturated heterocycles. The van der Waals surface area contributed by atoms with Gasteiger partial charge in [-0.15, -0.1) is 0 Å². The molecule has 0 aliphatic rings. The first-order valence-electron chi connectivity index (χ1n) is 9.28. The predicted octanol–water partition coefficient (Wildman–Crippen LogP) is 4.52. The summed E-state index contributed by atoms with van der Waals surface area (Å²) in [6.45, 7) is 3.39. The van der Waals surface area contributed by atoms with Gasteiger partial charge in [-0.25, -0.2) is 0 Å². The standard InChI is InChI=1S/C23H19ClN4O3/c1-14-15(2)28(17-5-7-18(30-3)8-6-17)23(19(14)12-26)27-22(29)13-31-21-9-4-16(11-25)10-20(21)24/h4-10H,13H2,1-3H3,(H,27,29). The van der Waals surface area contributed by atoms with Crippen LogP contribution in [0.1, 0.15) is 22.4 Å². The number of nitrogens with zero attached hydrogens (tertiary/aromatic N) is 3. The molecule has 0 atom stereocenters. The average Bonchev–Trinajstić information content (AvgIpc) is 3.01. The normalized spacial score (nSPS) is 10.1. The van der Waals surface area contributed by atoms with Crippen molar-refractivity contribution in [3.63, 3.8) is 0 Å². The third-order valence-corrected chi connectivity index (χ3v) is 5.13. The minimum absolute atomic E-state index is 0.234. The van der Waals surface area contributed by atoms with Gasteiger partial charge in [-0.05, 0) is 61.9 Å². The quantitative estimate of drug-likeness (QED) is 0.614. The molecule has 0 bridgehead atoms. The zero-order chi connectivity index (χ0) is 22.5. The summed E-state index contributed by atoms with van der Waals surface area (Å²) in [5.41, 5.74) is 3.13. The second kappa shape index (κ2) is 9.25. The van der Waals surface area contributed by atoms with Crippen LogP contribution in [0.4, 0.5) is 5.82 Å². The Labute approximate surface area is 185 Å². The molecule has 2 aromatic carbocycles. The largest absolute Gasteiger partial charge is 0.497 e. The molecule has 1 amide bonds. The van der Waals surface area contributed by atoms with Crippen LogP contribution in [0.15, 0.2) is 42.5 Å². The first kappa shape index (κ1) is 21.8.